The lowest BCUT2D eigenvalue weighted by molar-refractivity contribution is -0.0894. The molecule has 8 atom stereocenters. The molecule has 0 aromatic heterocycles. The molecule has 2 heteroatoms. The topological polar surface area (TPSA) is 40.5 Å². The molecule has 0 aromatic carbocycles. The van der Waals surface area contributed by atoms with Crippen LogP contribution in [0.5, 0.6) is 0 Å². The standard InChI is InChI=1S/C19H30O2/c1-18-9-7-13(20)11-12(18)3-4-14-15-5-6-17(21)19(15,2)10-8-16(14)18/h3-4,12-17,20-21H,5-11H2,1-2H3/t12-,13+,14+,15-,16+,17+,18-,19-/m0/s1. The van der Waals surface area contributed by atoms with Crippen molar-refractivity contribution in [1.29, 1.82) is 0 Å². The fourth-order valence-electron chi connectivity index (χ4n) is 6.57. The van der Waals surface area contributed by atoms with Gasteiger partial charge < -0.3 is 10.2 Å². The van der Waals surface area contributed by atoms with E-state index in [0.717, 1.165) is 25.2 Å². The number of fused-ring (bicyclic) bond motifs is 5. The van der Waals surface area contributed by atoms with Crippen LogP contribution in [-0.4, -0.2) is 22.4 Å². The van der Waals surface area contributed by atoms with Crippen molar-refractivity contribution < 1.29 is 10.2 Å². The van der Waals surface area contributed by atoms with Gasteiger partial charge in [-0.25, -0.2) is 0 Å². The van der Waals surface area contributed by atoms with Gasteiger partial charge in [0.25, 0.3) is 0 Å². The Morgan fingerprint density at radius 3 is 2.38 bits per heavy atom. The number of rotatable bonds is 0. The molecule has 4 rings (SSSR count). The van der Waals surface area contributed by atoms with Gasteiger partial charge in [0, 0.05) is 0 Å². The van der Waals surface area contributed by atoms with E-state index in [2.05, 4.69) is 26.0 Å². The van der Waals surface area contributed by atoms with Crippen LogP contribution in [0.25, 0.3) is 0 Å². The molecule has 2 N–H and O–H groups in total. The molecule has 0 bridgehead atoms. The number of allylic oxidation sites excluding steroid dienone is 2. The maximum absolute atomic E-state index is 10.4. The van der Waals surface area contributed by atoms with Crippen molar-refractivity contribution in [2.24, 2.45) is 34.5 Å². The highest BCUT2D eigenvalue weighted by Gasteiger charge is 2.58. The van der Waals surface area contributed by atoms with E-state index in [4.69, 9.17) is 0 Å². The first-order chi connectivity index (χ1) is 9.95. The molecular weight excluding hydrogens is 260 g/mol. The molecule has 0 amide bonds. The van der Waals surface area contributed by atoms with E-state index < -0.39 is 0 Å². The first kappa shape index (κ1) is 14.3. The van der Waals surface area contributed by atoms with Gasteiger partial charge in [-0.2, -0.15) is 0 Å². The molecule has 0 heterocycles. The summed E-state index contributed by atoms with van der Waals surface area (Å²) >= 11 is 0. The van der Waals surface area contributed by atoms with Crippen molar-refractivity contribution in [3.63, 3.8) is 0 Å². The van der Waals surface area contributed by atoms with Crippen molar-refractivity contribution >= 4 is 0 Å². The molecule has 118 valence electrons. The Hall–Kier alpha value is -0.340. The van der Waals surface area contributed by atoms with E-state index in [1.165, 1.54) is 25.7 Å². The molecule has 0 radical (unpaired) electrons. The Bertz CT molecular complexity index is 458. The Balaban J connectivity index is 1.68. The fourth-order valence-corrected chi connectivity index (χ4v) is 6.57. The minimum Gasteiger partial charge on any atom is -0.393 e. The van der Waals surface area contributed by atoms with Gasteiger partial charge in [-0.1, -0.05) is 26.0 Å². The third-order valence-corrected chi connectivity index (χ3v) is 8.08. The summed E-state index contributed by atoms with van der Waals surface area (Å²) in [5, 5.41) is 20.5. The van der Waals surface area contributed by atoms with Crippen LogP contribution in [0, 0.1) is 34.5 Å². The van der Waals surface area contributed by atoms with Gasteiger partial charge in [-0.3, -0.25) is 0 Å². The second kappa shape index (κ2) is 4.58. The minimum absolute atomic E-state index is 0.0874. The van der Waals surface area contributed by atoms with E-state index in [1.54, 1.807) is 0 Å². The summed E-state index contributed by atoms with van der Waals surface area (Å²) in [4.78, 5) is 0. The highest BCUT2D eigenvalue weighted by Crippen LogP contribution is 2.64. The zero-order valence-electron chi connectivity index (χ0n) is 13.5. The number of hydrogen-bond acceptors (Lipinski definition) is 2. The van der Waals surface area contributed by atoms with Crippen LogP contribution in [0.4, 0.5) is 0 Å². The molecule has 21 heavy (non-hydrogen) atoms. The van der Waals surface area contributed by atoms with Gasteiger partial charge in [0.05, 0.1) is 12.2 Å². The molecule has 0 aliphatic heterocycles. The zero-order chi connectivity index (χ0) is 14.8. The van der Waals surface area contributed by atoms with E-state index in [0.29, 0.717) is 23.2 Å². The van der Waals surface area contributed by atoms with E-state index >= 15 is 0 Å². The molecule has 3 saturated carbocycles. The average Bonchev–Trinajstić information content (AvgIpc) is 2.76. The molecule has 2 nitrogen and oxygen atoms in total. The molecule has 4 aliphatic rings. The van der Waals surface area contributed by atoms with Crippen molar-refractivity contribution in [1.82, 2.24) is 0 Å². The lowest BCUT2D eigenvalue weighted by Gasteiger charge is -2.58. The second-order valence-corrected chi connectivity index (χ2v) is 8.85. The number of hydrogen-bond donors (Lipinski definition) is 2. The predicted octanol–water partition coefficient (Wildman–Crippen LogP) is 3.53. The van der Waals surface area contributed by atoms with Crippen LogP contribution in [0.3, 0.4) is 0 Å². The normalized spacial score (nSPS) is 59.2. The van der Waals surface area contributed by atoms with Crippen LogP contribution in [0.15, 0.2) is 12.2 Å². The van der Waals surface area contributed by atoms with Gasteiger partial charge in [0.1, 0.15) is 0 Å². The highest BCUT2D eigenvalue weighted by atomic mass is 16.3. The van der Waals surface area contributed by atoms with Gasteiger partial charge in [0.2, 0.25) is 0 Å². The van der Waals surface area contributed by atoms with Gasteiger partial charge >= 0.3 is 0 Å². The Kier molecular flexibility index (Phi) is 3.11. The van der Waals surface area contributed by atoms with Gasteiger partial charge in [-0.15, -0.1) is 0 Å². The summed E-state index contributed by atoms with van der Waals surface area (Å²) in [6.45, 7) is 4.82. The molecule has 0 saturated heterocycles. The maximum Gasteiger partial charge on any atom is 0.0596 e. The summed E-state index contributed by atoms with van der Waals surface area (Å²) in [6.07, 6.45) is 12.5. The van der Waals surface area contributed by atoms with Crippen molar-refractivity contribution in [2.75, 3.05) is 0 Å². The average molecular weight is 290 g/mol. The highest BCUT2D eigenvalue weighted by molar-refractivity contribution is 5.18. The van der Waals surface area contributed by atoms with Crippen molar-refractivity contribution in [2.45, 2.75) is 71.0 Å². The summed E-state index contributed by atoms with van der Waals surface area (Å²) < 4.78 is 0. The van der Waals surface area contributed by atoms with Crippen LogP contribution >= 0.6 is 0 Å². The third kappa shape index (κ3) is 1.84. The number of aliphatic hydroxyl groups excluding tert-OH is 2. The largest absolute Gasteiger partial charge is 0.393 e. The SMILES string of the molecule is C[C@]12CC[C@@H](O)C[C@@H]1C=C[C@H]1[C@H]2CC[C@]2(C)[C@H](O)CC[C@@H]12. The van der Waals surface area contributed by atoms with Gasteiger partial charge in [0.15, 0.2) is 0 Å². The van der Waals surface area contributed by atoms with Crippen LogP contribution in [0.2, 0.25) is 0 Å². The van der Waals surface area contributed by atoms with Crippen LogP contribution in [0.1, 0.15) is 58.8 Å². The molecule has 3 fully saturated rings. The molecule has 0 spiro atoms. The quantitative estimate of drug-likeness (QED) is 0.670. The smallest absolute Gasteiger partial charge is 0.0596 e. The number of aliphatic hydroxyl groups is 2. The van der Waals surface area contributed by atoms with E-state index in [1.807, 2.05) is 0 Å². The van der Waals surface area contributed by atoms with E-state index in [9.17, 15) is 10.2 Å². The zero-order valence-corrected chi connectivity index (χ0v) is 13.5. The maximum atomic E-state index is 10.4. The van der Waals surface area contributed by atoms with Crippen molar-refractivity contribution in [3.05, 3.63) is 12.2 Å². The fraction of sp³-hybridized carbons (Fsp3) is 0.895. The first-order valence-corrected chi connectivity index (χ1v) is 8.99. The lowest BCUT2D eigenvalue weighted by atomic mass is 9.47. The van der Waals surface area contributed by atoms with E-state index in [-0.39, 0.29) is 17.6 Å². The predicted molar refractivity (Wildman–Crippen MR) is 83.6 cm³/mol. The summed E-state index contributed by atoms with van der Waals surface area (Å²) in [5.74, 6) is 2.67. The Morgan fingerprint density at radius 2 is 1.57 bits per heavy atom. The first-order valence-electron chi connectivity index (χ1n) is 8.99. The monoisotopic (exact) mass is 290 g/mol. The lowest BCUT2D eigenvalue weighted by Crippen LogP contribution is -2.52. The van der Waals surface area contributed by atoms with Crippen LogP contribution in [-0.2, 0) is 0 Å². The summed E-state index contributed by atoms with van der Waals surface area (Å²) in [6, 6.07) is 0. The molecule has 0 aromatic rings. The molecule has 4 aliphatic carbocycles. The molecular formula is C19H30O2. The summed E-state index contributed by atoms with van der Waals surface area (Å²) in [7, 11) is 0. The third-order valence-electron chi connectivity index (χ3n) is 8.08. The van der Waals surface area contributed by atoms with Crippen molar-refractivity contribution in [3.8, 4) is 0 Å². The Labute approximate surface area is 128 Å². The van der Waals surface area contributed by atoms with Gasteiger partial charge in [-0.05, 0) is 79.4 Å². The second-order valence-electron chi connectivity index (χ2n) is 8.85. The van der Waals surface area contributed by atoms with Crippen LogP contribution < -0.4 is 0 Å². The minimum atomic E-state index is -0.0913. The Morgan fingerprint density at radius 1 is 0.857 bits per heavy atom. The molecule has 0 unspecified atom stereocenters. The summed E-state index contributed by atoms with van der Waals surface area (Å²) in [5.41, 5.74) is 0.538.